The first-order valence-corrected chi connectivity index (χ1v) is 6.71. The van der Waals surface area contributed by atoms with E-state index in [-0.39, 0.29) is 36.7 Å². The second kappa shape index (κ2) is 8.64. The largest absolute Gasteiger partial charge is 0.346 e. The number of nitrogens with two attached hydrogens (primary N) is 1. The van der Waals surface area contributed by atoms with Crippen LogP contribution in [0.15, 0.2) is 18.2 Å². The van der Waals surface area contributed by atoms with E-state index >= 15 is 0 Å². The van der Waals surface area contributed by atoms with Crippen LogP contribution in [0.3, 0.4) is 0 Å². The van der Waals surface area contributed by atoms with Crippen LogP contribution in [0.25, 0.3) is 0 Å². The van der Waals surface area contributed by atoms with Gasteiger partial charge in [-0.3, -0.25) is 9.59 Å². The molecule has 6 heteroatoms. The Morgan fingerprint density at radius 3 is 2.43 bits per heavy atom. The van der Waals surface area contributed by atoms with Crippen LogP contribution in [0.4, 0.5) is 5.69 Å². The summed E-state index contributed by atoms with van der Waals surface area (Å²) in [6.07, 6.45) is 0. The predicted molar refractivity (Wildman–Crippen MR) is 87.6 cm³/mol. The molecular weight excluding hydrogens is 290 g/mol. The third kappa shape index (κ3) is 6.14. The summed E-state index contributed by atoms with van der Waals surface area (Å²) in [4.78, 5) is 23.5. The molecule has 0 aliphatic carbocycles. The molecule has 5 nitrogen and oxygen atoms in total. The maximum absolute atomic E-state index is 11.8. The molecule has 2 amide bonds. The highest BCUT2D eigenvalue weighted by Gasteiger charge is 2.17. The molecule has 1 atom stereocenters. The zero-order valence-corrected chi connectivity index (χ0v) is 13.7. The molecule has 0 spiro atoms. The molecule has 4 N–H and O–H groups in total. The van der Waals surface area contributed by atoms with E-state index in [0.717, 1.165) is 16.8 Å². The maximum atomic E-state index is 11.8. The molecule has 1 aromatic carbocycles. The van der Waals surface area contributed by atoms with Gasteiger partial charge >= 0.3 is 0 Å². The summed E-state index contributed by atoms with van der Waals surface area (Å²) in [6.45, 7) is 7.52. The molecule has 21 heavy (non-hydrogen) atoms. The molecule has 0 fully saturated rings. The molecule has 0 aromatic heterocycles. The smallest absolute Gasteiger partial charge is 0.243 e. The van der Waals surface area contributed by atoms with Crippen LogP contribution >= 0.6 is 12.4 Å². The molecule has 0 aliphatic heterocycles. The number of aryl methyl sites for hydroxylation is 2. The number of hydrogen-bond donors (Lipinski definition) is 3. The average molecular weight is 314 g/mol. The molecule has 0 heterocycles. The number of amides is 2. The van der Waals surface area contributed by atoms with Crippen molar-refractivity contribution in [1.29, 1.82) is 0 Å². The van der Waals surface area contributed by atoms with Crippen LogP contribution in [-0.2, 0) is 9.59 Å². The summed E-state index contributed by atoms with van der Waals surface area (Å²) in [5, 5.41) is 5.32. The lowest BCUT2D eigenvalue weighted by atomic mass is 10.1. The van der Waals surface area contributed by atoms with Gasteiger partial charge in [-0.15, -0.1) is 12.4 Å². The molecule has 118 valence electrons. The van der Waals surface area contributed by atoms with Gasteiger partial charge in [0, 0.05) is 5.69 Å². The van der Waals surface area contributed by atoms with Crippen molar-refractivity contribution in [2.75, 3.05) is 11.9 Å². The number of anilines is 1. The molecule has 0 radical (unpaired) electrons. The Hall–Kier alpha value is -1.59. The van der Waals surface area contributed by atoms with Crippen molar-refractivity contribution in [2.24, 2.45) is 11.7 Å². The first kappa shape index (κ1) is 19.4. The molecule has 0 unspecified atom stereocenters. The third-order valence-corrected chi connectivity index (χ3v) is 3.11. The van der Waals surface area contributed by atoms with E-state index < -0.39 is 6.04 Å². The van der Waals surface area contributed by atoms with E-state index in [1.165, 1.54) is 0 Å². The highest BCUT2D eigenvalue weighted by molar-refractivity contribution is 5.95. The summed E-state index contributed by atoms with van der Waals surface area (Å²) in [5.41, 5.74) is 8.51. The Balaban J connectivity index is 0.00000400. The van der Waals surface area contributed by atoms with Crippen molar-refractivity contribution in [3.8, 4) is 0 Å². The van der Waals surface area contributed by atoms with E-state index in [4.69, 9.17) is 5.73 Å². The van der Waals surface area contributed by atoms with Crippen LogP contribution < -0.4 is 16.4 Å². The van der Waals surface area contributed by atoms with Crippen molar-refractivity contribution in [3.63, 3.8) is 0 Å². The van der Waals surface area contributed by atoms with Crippen molar-refractivity contribution in [1.82, 2.24) is 5.32 Å². The molecule has 0 saturated carbocycles. The minimum absolute atomic E-state index is 0. The van der Waals surface area contributed by atoms with Gasteiger partial charge in [-0.05, 0) is 37.0 Å². The van der Waals surface area contributed by atoms with Gasteiger partial charge < -0.3 is 16.4 Å². The van der Waals surface area contributed by atoms with Gasteiger partial charge in [0.2, 0.25) is 11.8 Å². The SMILES string of the molecule is Cc1ccc(C)c(NC(=O)CNC(=O)[C@@H](N)C(C)C)c1.Cl. The molecular formula is C15H24ClN3O2. The molecule has 1 aromatic rings. The van der Waals surface area contributed by atoms with Gasteiger partial charge in [-0.2, -0.15) is 0 Å². The van der Waals surface area contributed by atoms with Crippen LogP contribution in [0.2, 0.25) is 0 Å². The number of nitrogens with one attached hydrogen (secondary N) is 2. The number of carbonyl (C=O) groups is 2. The summed E-state index contributed by atoms with van der Waals surface area (Å²) < 4.78 is 0. The van der Waals surface area contributed by atoms with Crippen LogP contribution in [-0.4, -0.2) is 24.4 Å². The highest BCUT2D eigenvalue weighted by Crippen LogP contribution is 2.15. The second-order valence-electron chi connectivity index (χ2n) is 5.35. The predicted octanol–water partition coefficient (Wildman–Crippen LogP) is 1.76. The topological polar surface area (TPSA) is 84.2 Å². The van der Waals surface area contributed by atoms with Gasteiger partial charge in [0.15, 0.2) is 0 Å². The number of carbonyl (C=O) groups excluding carboxylic acids is 2. The Labute approximate surface area is 132 Å². The minimum atomic E-state index is -0.594. The van der Waals surface area contributed by atoms with Crippen LogP contribution in [0.5, 0.6) is 0 Å². The Morgan fingerprint density at radius 2 is 1.86 bits per heavy atom. The van der Waals surface area contributed by atoms with Crippen molar-refractivity contribution < 1.29 is 9.59 Å². The minimum Gasteiger partial charge on any atom is -0.346 e. The zero-order valence-electron chi connectivity index (χ0n) is 12.9. The summed E-state index contributed by atoms with van der Waals surface area (Å²) in [6, 6.07) is 5.23. The lowest BCUT2D eigenvalue weighted by Gasteiger charge is -2.15. The van der Waals surface area contributed by atoms with Gasteiger partial charge in [-0.1, -0.05) is 26.0 Å². The van der Waals surface area contributed by atoms with Gasteiger partial charge in [0.05, 0.1) is 12.6 Å². The summed E-state index contributed by atoms with van der Waals surface area (Å²) in [7, 11) is 0. The zero-order chi connectivity index (χ0) is 15.3. The monoisotopic (exact) mass is 313 g/mol. The maximum Gasteiger partial charge on any atom is 0.243 e. The fourth-order valence-corrected chi connectivity index (χ4v) is 1.65. The van der Waals surface area contributed by atoms with E-state index in [1.54, 1.807) is 0 Å². The first-order chi connectivity index (χ1) is 9.31. The standard InChI is InChI=1S/C15H23N3O2.ClH/c1-9(2)14(16)15(20)17-8-13(19)18-12-7-10(3)5-6-11(12)4;/h5-7,9,14H,8,16H2,1-4H3,(H,17,20)(H,18,19);1H/t14-;/m0./s1. The molecule has 0 saturated heterocycles. The number of rotatable bonds is 5. The van der Waals surface area contributed by atoms with Crippen LogP contribution in [0, 0.1) is 19.8 Å². The summed E-state index contributed by atoms with van der Waals surface area (Å²) >= 11 is 0. The third-order valence-electron chi connectivity index (χ3n) is 3.11. The van der Waals surface area contributed by atoms with Gasteiger partial charge in [0.1, 0.15) is 0 Å². The lowest BCUT2D eigenvalue weighted by molar-refractivity contribution is -0.125. The molecule has 0 aliphatic rings. The number of halogens is 1. The fourth-order valence-electron chi connectivity index (χ4n) is 1.65. The van der Waals surface area contributed by atoms with E-state index in [9.17, 15) is 9.59 Å². The quantitative estimate of drug-likeness (QED) is 0.774. The van der Waals surface area contributed by atoms with Crippen LogP contribution in [0.1, 0.15) is 25.0 Å². The van der Waals surface area contributed by atoms with Gasteiger partial charge in [-0.25, -0.2) is 0 Å². The Kier molecular flexibility index (Phi) is 7.99. The summed E-state index contributed by atoms with van der Waals surface area (Å²) in [5.74, 6) is -0.531. The molecule has 1 rings (SSSR count). The highest BCUT2D eigenvalue weighted by atomic mass is 35.5. The van der Waals surface area contributed by atoms with Crippen molar-refractivity contribution in [3.05, 3.63) is 29.3 Å². The Bertz CT molecular complexity index is 504. The van der Waals surface area contributed by atoms with Crippen molar-refractivity contribution in [2.45, 2.75) is 33.7 Å². The van der Waals surface area contributed by atoms with E-state index in [0.29, 0.717) is 0 Å². The lowest BCUT2D eigenvalue weighted by Crippen LogP contribution is -2.46. The average Bonchev–Trinajstić information content (AvgIpc) is 2.39. The first-order valence-electron chi connectivity index (χ1n) is 6.71. The number of hydrogen-bond acceptors (Lipinski definition) is 3. The molecule has 0 bridgehead atoms. The second-order valence-corrected chi connectivity index (χ2v) is 5.35. The van der Waals surface area contributed by atoms with E-state index in [2.05, 4.69) is 10.6 Å². The van der Waals surface area contributed by atoms with Gasteiger partial charge in [0.25, 0.3) is 0 Å². The fraction of sp³-hybridized carbons (Fsp3) is 0.467. The van der Waals surface area contributed by atoms with E-state index in [1.807, 2.05) is 45.9 Å². The normalized spacial score (nSPS) is 11.5. The number of benzene rings is 1. The van der Waals surface area contributed by atoms with Crippen molar-refractivity contribution >= 4 is 29.9 Å². The Morgan fingerprint density at radius 1 is 1.24 bits per heavy atom.